The van der Waals surface area contributed by atoms with Crippen LogP contribution in [0.25, 0.3) is 0 Å². The van der Waals surface area contributed by atoms with Crippen molar-refractivity contribution < 1.29 is 4.79 Å². The van der Waals surface area contributed by atoms with Crippen molar-refractivity contribution in [3.63, 3.8) is 0 Å². The summed E-state index contributed by atoms with van der Waals surface area (Å²) in [5.41, 5.74) is 2.48. The number of aryl methyl sites for hydroxylation is 1. The van der Waals surface area contributed by atoms with Crippen molar-refractivity contribution in [2.75, 3.05) is 31.1 Å². The molecule has 0 saturated carbocycles. The largest absolute Gasteiger partial charge is 0.371 e. The summed E-state index contributed by atoms with van der Waals surface area (Å²) in [4.78, 5) is 14.8. The van der Waals surface area contributed by atoms with Gasteiger partial charge in [0.05, 0.1) is 0 Å². The first-order valence-corrected chi connectivity index (χ1v) is 9.43. The summed E-state index contributed by atoms with van der Waals surface area (Å²) in [7, 11) is 0. The molecule has 1 aromatic rings. The van der Waals surface area contributed by atoms with Crippen LogP contribution in [-0.4, -0.2) is 38.1 Å². The molecule has 1 amide bonds. The van der Waals surface area contributed by atoms with Crippen molar-refractivity contribution in [1.29, 1.82) is 0 Å². The molecule has 0 aliphatic carbocycles. The molecular formula is C19H28ClN3O. The smallest absolute Gasteiger partial charge is 0.223 e. The molecule has 0 bridgehead atoms. The van der Waals surface area contributed by atoms with Crippen LogP contribution >= 0.6 is 11.6 Å². The topological polar surface area (TPSA) is 44.4 Å². The van der Waals surface area contributed by atoms with Gasteiger partial charge < -0.3 is 15.5 Å². The van der Waals surface area contributed by atoms with Gasteiger partial charge in [0.15, 0.2) is 0 Å². The number of rotatable bonds is 4. The summed E-state index contributed by atoms with van der Waals surface area (Å²) in [6.07, 6.45) is 3.02. The fraction of sp³-hybridized carbons (Fsp3) is 0.632. The molecule has 1 aromatic carbocycles. The van der Waals surface area contributed by atoms with Gasteiger partial charge in [-0.15, -0.1) is 0 Å². The molecule has 2 aliphatic rings. The zero-order valence-corrected chi connectivity index (χ0v) is 15.4. The van der Waals surface area contributed by atoms with E-state index >= 15 is 0 Å². The highest BCUT2D eigenvalue weighted by atomic mass is 35.5. The molecule has 0 spiro atoms. The summed E-state index contributed by atoms with van der Waals surface area (Å²) < 4.78 is 0. The number of nitrogens with one attached hydrogen (secondary N) is 2. The third kappa shape index (κ3) is 4.22. The maximum Gasteiger partial charge on any atom is 0.223 e. The predicted octanol–water partition coefficient (Wildman–Crippen LogP) is 2.98. The lowest BCUT2D eigenvalue weighted by molar-refractivity contribution is -0.126. The van der Waals surface area contributed by atoms with Gasteiger partial charge in [-0.25, -0.2) is 0 Å². The fourth-order valence-electron chi connectivity index (χ4n) is 3.90. The van der Waals surface area contributed by atoms with Gasteiger partial charge in [-0.1, -0.05) is 17.7 Å². The predicted molar refractivity (Wildman–Crippen MR) is 99.7 cm³/mol. The maximum absolute atomic E-state index is 12.4. The monoisotopic (exact) mass is 349 g/mol. The van der Waals surface area contributed by atoms with Gasteiger partial charge in [0.2, 0.25) is 5.91 Å². The number of carbonyl (C=O) groups is 1. The third-order valence-electron chi connectivity index (χ3n) is 5.36. The number of hydrogen-bond donors (Lipinski definition) is 2. The van der Waals surface area contributed by atoms with E-state index in [4.69, 9.17) is 11.6 Å². The molecule has 132 valence electrons. The Hall–Kier alpha value is -1.26. The van der Waals surface area contributed by atoms with E-state index in [-0.39, 0.29) is 11.8 Å². The van der Waals surface area contributed by atoms with E-state index in [1.165, 1.54) is 11.3 Å². The van der Waals surface area contributed by atoms with Gasteiger partial charge in [0.1, 0.15) is 0 Å². The van der Waals surface area contributed by atoms with E-state index < -0.39 is 0 Å². The molecule has 2 heterocycles. The van der Waals surface area contributed by atoms with E-state index in [0.717, 1.165) is 50.5 Å². The molecule has 2 N–H and O–H groups in total. The minimum absolute atomic E-state index is 0.175. The minimum atomic E-state index is 0.175. The van der Waals surface area contributed by atoms with Crippen molar-refractivity contribution in [1.82, 2.24) is 10.6 Å². The number of hydrogen-bond acceptors (Lipinski definition) is 3. The number of amides is 1. The Morgan fingerprint density at radius 2 is 2.25 bits per heavy atom. The molecule has 1 unspecified atom stereocenters. The molecule has 24 heavy (non-hydrogen) atoms. The second kappa shape index (κ2) is 7.75. The lowest BCUT2D eigenvalue weighted by atomic mass is 9.92. The molecule has 2 fully saturated rings. The van der Waals surface area contributed by atoms with Crippen LogP contribution in [0.15, 0.2) is 18.2 Å². The Morgan fingerprint density at radius 1 is 1.42 bits per heavy atom. The summed E-state index contributed by atoms with van der Waals surface area (Å²) in [6, 6.07) is 6.51. The molecular weight excluding hydrogens is 322 g/mol. The average Bonchev–Trinajstić information content (AvgIpc) is 3.03. The van der Waals surface area contributed by atoms with E-state index in [9.17, 15) is 4.79 Å². The Balaban J connectivity index is 1.49. The summed E-state index contributed by atoms with van der Waals surface area (Å²) >= 11 is 6.14. The lowest BCUT2D eigenvalue weighted by Crippen LogP contribution is -2.43. The normalized spacial score (nSPS) is 27.3. The van der Waals surface area contributed by atoms with Crippen LogP contribution in [0.3, 0.4) is 0 Å². The quantitative estimate of drug-likeness (QED) is 0.878. The number of nitrogens with zero attached hydrogens (tertiary/aromatic N) is 1. The Bertz CT molecular complexity index is 592. The fourth-order valence-corrected chi connectivity index (χ4v) is 4.07. The number of piperidine rings is 1. The number of anilines is 1. The maximum atomic E-state index is 12.4. The summed E-state index contributed by atoms with van der Waals surface area (Å²) in [6.45, 7) is 8.04. The number of carbonyl (C=O) groups excluding carboxylic acids is 1. The zero-order valence-electron chi connectivity index (χ0n) is 14.6. The Morgan fingerprint density at radius 3 is 3.04 bits per heavy atom. The molecule has 0 aromatic heterocycles. The first kappa shape index (κ1) is 17.6. The van der Waals surface area contributed by atoms with Gasteiger partial charge in [-0.05, 0) is 63.3 Å². The second-order valence-corrected chi connectivity index (χ2v) is 7.79. The van der Waals surface area contributed by atoms with Crippen molar-refractivity contribution in [2.24, 2.45) is 11.8 Å². The summed E-state index contributed by atoms with van der Waals surface area (Å²) in [5.74, 6) is 0.932. The van der Waals surface area contributed by atoms with Gasteiger partial charge in [0.25, 0.3) is 0 Å². The van der Waals surface area contributed by atoms with E-state index in [1.54, 1.807) is 0 Å². The second-order valence-electron chi connectivity index (χ2n) is 7.35. The highest BCUT2D eigenvalue weighted by Crippen LogP contribution is 2.29. The molecule has 5 heteroatoms. The zero-order chi connectivity index (χ0) is 17.1. The van der Waals surface area contributed by atoms with Crippen molar-refractivity contribution in [3.8, 4) is 0 Å². The van der Waals surface area contributed by atoms with Crippen molar-refractivity contribution >= 4 is 23.2 Å². The minimum Gasteiger partial charge on any atom is -0.371 e. The van der Waals surface area contributed by atoms with Crippen LogP contribution in [0.5, 0.6) is 0 Å². The van der Waals surface area contributed by atoms with Crippen molar-refractivity contribution in [2.45, 2.75) is 39.2 Å². The first-order valence-electron chi connectivity index (χ1n) is 9.05. The Kier molecular flexibility index (Phi) is 5.67. The SMILES string of the molecule is Cc1ccc(Cl)cc1N1CCC(CNC(=O)[C@H]2CCN[C@@H](C)C2)C1. The third-order valence-corrected chi connectivity index (χ3v) is 5.59. The lowest BCUT2D eigenvalue weighted by Gasteiger charge is -2.27. The molecule has 4 nitrogen and oxygen atoms in total. The highest BCUT2D eigenvalue weighted by molar-refractivity contribution is 6.30. The van der Waals surface area contributed by atoms with Crippen LogP contribution in [-0.2, 0) is 4.79 Å². The van der Waals surface area contributed by atoms with Crippen LogP contribution in [0, 0.1) is 18.8 Å². The van der Waals surface area contributed by atoms with Crippen LogP contribution in [0.2, 0.25) is 5.02 Å². The van der Waals surface area contributed by atoms with Gasteiger partial charge >= 0.3 is 0 Å². The van der Waals surface area contributed by atoms with Crippen LogP contribution in [0.1, 0.15) is 31.7 Å². The van der Waals surface area contributed by atoms with Crippen molar-refractivity contribution in [3.05, 3.63) is 28.8 Å². The highest BCUT2D eigenvalue weighted by Gasteiger charge is 2.27. The first-order chi connectivity index (χ1) is 11.5. The molecule has 2 saturated heterocycles. The number of benzene rings is 1. The van der Waals surface area contributed by atoms with Gasteiger partial charge in [-0.3, -0.25) is 4.79 Å². The van der Waals surface area contributed by atoms with E-state index in [1.807, 2.05) is 12.1 Å². The van der Waals surface area contributed by atoms with Gasteiger partial charge in [-0.2, -0.15) is 0 Å². The molecule has 3 rings (SSSR count). The van der Waals surface area contributed by atoms with Crippen LogP contribution in [0.4, 0.5) is 5.69 Å². The van der Waals surface area contributed by atoms with Crippen LogP contribution < -0.4 is 15.5 Å². The molecule has 0 radical (unpaired) electrons. The standard InChI is InChI=1S/C19H28ClN3O/c1-13-3-4-17(20)10-18(13)23-8-6-15(12-23)11-22-19(24)16-5-7-21-14(2)9-16/h3-4,10,14-16,21H,5-9,11-12H2,1-2H3,(H,22,24)/t14-,15?,16-/m0/s1. The van der Waals surface area contributed by atoms with Gasteiger partial charge in [0, 0.05) is 42.3 Å². The van der Waals surface area contributed by atoms with E-state index in [2.05, 4.69) is 35.4 Å². The molecule has 2 aliphatic heterocycles. The molecule has 3 atom stereocenters. The summed E-state index contributed by atoms with van der Waals surface area (Å²) in [5, 5.41) is 7.38. The average molecular weight is 350 g/mol. The number of halogens is 1. The van der Waals surface area contributed by atoms with E-state index in [0.29, 0.717) is 12.0 Å². The Labute approximate surface area is 149 Å².